The van der Waals surface area contributed by atoms with E-state index in [9.17, 15) is 18.5 Å². The van der Waals surface area contributed by atoms with Crippen LogP contribution in [-0.2, 0) is 11.2 Å². The average molecular weight is 480 g/mol. The molecule has 9 heteroatoms. The van der Waals surface area contributed by atoms with E-state index in [0.717, 1.165) is 10.8 Å². The second kappa shape index (κ2) is 8.66. The van der Waals surface area contributed by atoms with Gasteiger partial charge in [0.15, 0.2) is 11.6 Å². The maximum atomic E-state index is 14.3. The average Bonchev–Trinajstić information content (AvgIpc) is 3.21. The van der Waals surface area contributed by atoms with Gasteiger partial charge >= 0.3 is 0 Å². The van der Waals surface area contributed by atoms with Crippen molar-refractivity contribution < 1.29 is 23.3 Å². The van der Waals surface area contributed by atoms with Crippen LogP contribution < -0.4 is 10.5 Å². The fraction of sp³-hybridized carbons (Fsp3) is 0.200. The van der Waals surface area contributed by atoms with Crippen LogP contribution in [0.2, 0.25) is 0 Å². The Bertz CT molecular complexity index is 1440. The number of hydrogen-bond acceptors (Lipinski definition) is 4. The third-order valence-electron chi connectivity index (χ3n) is 6.17. The van der Waals surface area contributed by atoms with Gasteiger partial charge < -0.3 is 24.9 Å². The summed E-state index contributed by atoms with van der Waals surface area (Å²) < 4.78 is 30.9. The minimum atomic E-state index is -0.870. The van der Waals surface area contributed by atoms with Crippen LogP contribution in [0.3, 0.4) is 0 Å². The predicted molar refractivity (Wildman–Crippen MR) is 130 cm³/mol. The number of H-pyrrole nitrogens is 1. The number of fused-ring (bicyclic) bond motifs is 3. The molecule has 2 heterocycles. The standard InChI is InChI=1S/C25H22FN3O4S/c1-33-22-5-3-14(12-20(22)26)16-10-18-17-4-2-15(25(31)29-6-8-34(32)9-7-29)13-21(17)28-23(18)19(11-16)24(27)30/h2-5,10-13,28H,6-9H2,1H3,(H2,27,30). The Morgan fingerprint density at radius 1 is 1.06 bits per heavy atom. The van der Waals surface area contributed by atoms with Crippen molar-refractivity contribution in [3.05, 3.63) is 65.5 Å². The summed E-state index contributed by atoms with van der Waals surface area (Å²) in [5.41, 5.74) is 8.89. The zero-order chi connectivity index (χ0) is 24.0. The van der Waals surface area contributed by atoms with Crippen molar-refractivity contribution in [3.63, 3.8) is 0 Å². The summed E-state index contributed by atoms with van der Waals surface area (Å²) >= 11 is -0.870. The molecule has 1 fully saturated rings. The second-order valence-corrected chi connectivity index (χ2v) is 9.88. The highest BCUT2D eigenvalue weighted by Gasteiger charge is 2.25. The SMILES string of the molecule is COc1ccc(-c2cc(C(N)=O)c3[nH]c4cc(C(=O)N5CC[S+]([O-])CC5)ccc4c3c2)cc1F. The van der Waals surface area contributed by atoms with Crippen LogP contribution >= 0.6 is 0 Å². The predicted octanol–water partition coefficient (Wildman–Crippen LogP) is 3.44. The zero-order valence-corrected chi connectivity index (χ0v) is 19.2. The number of aromatic amines is 1. The lowest BCUT2D eigenvalue weighted by atomic mass is 9.98. The highest BCUT2D eigenvalue weighted by Crippen LogP contribution is 2.34. The molecule has 0 bridgehead atoms. The van der Waals surface area contributed by atoms with E-state index in [4.69, 9.17) is 10.5 Å². The highest BCUT2D eigenvalue weighted by atomic mass is 32.2. The summed E-state index contributed by atoms with van der Waals surface area (Å²) in [4.78, 5) is 30.2. The lowest BCUT2D eigenvalue weighted by molar-refractivity contribution is 0.0770. The number of ether oxygens (including phenoxy) is 1. The Balaban J connectivity index is 1.61. The first-order chi connectivity index (χ1) is 16.4. The van der Waals surface area contributed by atoms with Gasteiger partial charge in [-0.1, -0.05) is 23.3 Å². The first kappa shape index (κ1) is 22.2. The molecule has 0 aliphatic carbocycles. The fourth-order valence-electron chi connectivity index (χ4n) is 4.37. The highest BCUT2D eigenvalue weighted by molar-refractivity contribution is 7.91. The van der Waals surface area contributed by atoms with Crippen LogP contribution in [-0.4, -0.2) is 58.0 Å². The van der Waals surface area contributed by atoms with Gasteiger partial charge in [-0.05, 0) is 47.5 Å². The van der Waals surface area contributed by atoms with Crippen LogP contribution in [0.1, 0.15) is 20.7 Å². The number of halogens is 1. The normalized spacial score (nSPS) is 14.6. The van der Waals surface area contributed by atoms with Crippen LogP contribution in [0.5, 0.6) is 5.75 Å². The summed E-state index contributed by atoms with van der Waals surface area (Å²) in [5.74, 6) is -0.158. The van der Waals surface area contributed by atoms with Gasteiger partial charge in [0.05, 0.1) is 31.3 Å². The molecule has 1 aliphatic heterocycles. The van der Waals surface area contributed by atoms with E-state index in [1.807, 2.05) is 12.1 Å². The van der Waals surface area contributed by atoms with E-state index >= 15 is 0 Å². The summed E-state index contributed by atoms with van der Waals surface area (Å²) in [6.07, 6.45) is 0. The largest absolute Gasteiger partial charge is 0.616 e. The van der Waals surface area contributed by atoms with Crippen LogP contribution in [0, 0.1) is 5.82 Å². The lowest BCUT2D eigenvalue weighted by Gasteiger charge is -2.28. The molecule has 0 saturated carbocycles. The third-order valence-corrected chi connectivity index (χ3v) is 7.45. The molecular formula is C25H22FN3O4S. The molecule has 5 rings (SSSR count). The van der Waals surface area contributed by atoms with E-state index in [0.29, 0.717) is 52.3 Å². The van der Waals surface area contributed by atoms with Crippen LogP contribution in [0.25, 0.3) is 32.9 Å². The number of aromatic nitrogens is 1. The van der Waals surface area contributed by atoms with E-state index in [1.165, 1.54) is 19.2 Å². The van der Waals surface area contributed by atoms with Crippen LogP contribution in [0.15, 0.2) is 48.5 Å². The topological polar surface area (TPSA) is 111 Å². The molecule has 0 unspecified atom stereocenters. The maximum absolute atomic E-state index is 14.3. The molecule has 3 N–H and O–H groups in total. The van der Waals surface area contributed by atoms with Crippen LogP contribution in [0.4, 0.5) is 4.39 Å². The van der Waals surface area contributed by atoms with Crippen molar-refractivity contribution in [3.8, 4) is 16.9 Å². The van der Waals surface area contributed by atoms with Crippen molar-refractivity contribution in [1.29, 1.82) is 0 Å². The van der Waals surface area contributed by atoms with Gasteiger partial charge in [0.25, 0.3) is 11.8 Å². The molecule has 174 valence electrons. The number of primary amides is 1. The minimum Gasteiger partial charge on any atom is -0.616 e. The van der Waals surface area contributed by atoms with E-state index in [-0.39, 0.29) is 17.2 Å². The monoisotopic (exact) mass is 479 g/mol. The van der Waals surface area contributed by atoms with Gasteiger partial charge in [0, 0.05) is 21.9 Å². The van der Waals surface area contributed by atoms with Gasteiger partial charge in [-0.15, -0.1) is 0 Å². The number of nitrogens with zero attached hydrogens (tertiary/aromatic N) is 1. The molecule has 34 heavy (non-hydrogen) atoms. The molecule has 1 saturated heterocycles. The molecule has 1 aliphatic rings. The number of nitrogens with one attached hydrogen (secondary N) is 1. The summed E-state index contributed by atoms with van der Waals surface area (Å²) in [6.45, 7) is 0.924. The molecule has 0 atom stereocenters. The number of methoxy groups -OCH3 is 1. The quantitative estimate of drug-likeness (QED) is 0.437. The first-order valence-corrected chi connectivity index (χ1v) is 12.2. The van der Waals surface area contributed by atoms with Crippen molar-refractivity contribution in [2.45, 2.75) is 0 Å². The Labute approximate surface area is 197 Å². The molecule has 2 amide bonds. The number of nitrogens with two attached hydrogens (primary N) is 1. The Kier molecular flexibility index (Phi) is 5.66. The number of rotatable bonds is 4. The van der Waals surface area contributed by atoms with Gasteiger partial charge in [-0.2, -0.15) is 0 Å². The minimum absolute atomic E-state index is 0.123. The van der Waals surface area contributed by atoms with E-state index in [2.05, 4.69) is 4.98 Å². The fourth-order valence-corrected chi connectivity index (χ4v) is 5.42. The van der Waals surface area contributed by atoms with E-state index in [1.54, 1.807) is 29.2 Å². The summed E-state index contributed by atoms with van der Waals surface area (Å²) in [5, 5.41) is 1.55. The number of benzene rings is 3. The van der Waals surface area contributed by atoms with Gasteiger partial charge in [0.1, 0.15) is 11.5 Å². The second-order valence-electron chi connectivity index (χ2n) is 8.19. The summed E-state index contributed by atoms with van der Waals surface area (Å²) in [7, 11) is 1.40. The maximum Gasteiger partial charge on any atom is 0.254 e. The molecule has 4 aromatic rings. The van der Waals surface area contributed by atoms with Gasteiger partial charge in [0.2, 0.25) is 0 Å². The van der Waals surface area contributed by atoms with Crippen molar-refractivity contribution >= 4 is 44.8 Å². The lowest BCUT2D eigenvalue weighted by Crippen LogP contribution is -2.43. The number of hydrogen-bond donors (Lipinski definition) is 2. The molecular weight excluding hydrogens is 457 g/mol. The van der Waals surface area contributed by atoms with Crippen molar-refractivity contribution in [2.75, 3.05) is 31.7 Å². The Morgan fingerprint density at radius 3 is 2.50 bits per heavy atom. The third kappa shape index (κ3) is 3.86. The molecule has 0 radical (unpaired) electrons. The molecule has 3 aromatic carbocycles. The molecule has 0 spiro atoms. The Morgan fingerprint density at radius 2 is 1.82 bits per heavy atom. The smallest absolute Gasteiger partial charge is 0.254 e. The number of carbonyl (C=O) groups is 2. The van der Waals surface area contributed by atoms with Gasteiger partial charge in [-0.3, -0.25) is 9.59 Å². The number of amides is 2. The molecule has 1 aromatic heterocycles. The summed E-state index contributed by atoms with van der Waals surface area (Å²) in [6, 6.07) is 13.4. The number of carbonyl (C=O) groups excluding carboxylic acids is 2. The van der Waals surface area contributed by atoms with Crippen molar-refractivity contribution in [1.82, 2.24) is 9.88 Å². The first-order valence-electron chi connectivity index (χ1n) is 10.7. The van der Waals surface area contributed by atoms with Gasteiger partial charge in [-0.25, -0.2) is 4.39 Å². The van der Waals surface area contributed by atoms with E-state index < -0.39 is 22.9 Å². The molecule has 7 nitrogen and oxygen atoms in total. The zero-order valence-electron chi connectivity index (χ0n) is 18.4. The van der Waals surface area contributed by atoms with Crippen molar-refractivity contribution in [2.24, 2.45) is 5.73 Å². The Hall–Kier alpha value is -3.56.